The van der Waals surface area contributed by atoms with Crippen molar-refractivity contribution in [3.8, 4) is 28.1 Å². The summed E-state index contributed by atoms with van der Waals surface area (Å²) in [5.41, 5.74) is 4.04. The molecule has 4 aromatic heterocycles. The summed E-state index contributed by atoms with van der Waals surface area (Å²) in [6.45, 7) is 2.07. The molecule has 0 radical (unpaired) electrons. The normalized spacial score (nSPS) is 10.8. The van der Waals surface area contributed by atoms with E-state index >= 15 is 0 Å². The van der Waals surface area contributed by atoms with Gasteiger partial charge in [0.15, 0.2) is 0 Å². The largest absolute Gasteiger partial charge is 0.477 e. The summed E-state index contributed by atoms with van der Waals surface area (Å²) in [4.78, 5) is 32.0. The Morgan fingerprint density at radius 2 is 2.03 bits per heavy atom. The number of benzene rings is 1. The minimum atomic E-state index is -0.971. The SMILES string of the molecule is Cc1cc(-c2cc(Cl)ccc2-n2cnnn2)cc(=O)n1Cc1ncc(-c2csc(C(=O)O)c2)[nH]1.Cl. The van der Waals surface area contributed by atoms with Gasteiger partial charge in [-0.25, -0.2) is 9.78 Å². The lowest BCUT2D eigenvalue weighted by Crippen LogP contribution is -2.23. The number of H-pyrrole nitrogens is 1. The second-order valence-corrected chi connectivity index (χ2v) is 8.82. The summed E-state index contributed by atoms with van der Waals surface area (Å²) >= 11 is 7.37. The molecule has 35 heavy (non-hydrogen) atoms. The number of hydrogen-bond donors (Lipinski definition) is 2. The zero-order valence-corrected chi connectivity index (χ0v) is 20.4. The highest BCUT2D eigenvalue weighted by Gasteiger charge is 2.14. The third-order valence-corrected chi connectivity index (χ3v) is 6.41. The molecule has 0 fully saturated rings. The van der Waals surface area contributed by atoms with Crippen LogP contribution in [-0.4, -0.2) is 45.8 Å². The monoisotopic (exact) mass is 529 g/mol. The molecule has 0 aliphatic carbocycles. The van der Waals surface area contributed by atoms with Gasteiger partial charge in [0, 0.05) is 33.3 Å². The van der Waals surface area contributed by atoms with E-state index in [1.165, 1.54) is 17.1 Å². The molecule has 4 heterocycles. The number of imidazole rings is 1. The fourth-order valence-electron chi connectivity index (χ4n) is 3.63. The van der Waals surface area contributed by atoms with Crippen molar-refractivity contribution in [2.24, 2.45) is 0 Å². The van der Waals surface area contributed by atoms with Gasteiger partial charge in [0.25, 0.3) is 5.56 Å². The molecule has 10 nitrogen and oxygen atoms in total. The van der Waals surface area contributed by atoms with E-state index in [0.717, 1.165) is 28.2 Å². The number of aromatic amines is 1. The Bertz CT molecular complexity index is 1570. The quantitative estimate of drug-likeness (QED) is 0.338. The minimum Gasteiger partial charge on any atom is -0.477 e. The number of aromatic nitrogens is 7. The number of rotatable bonds is 6. The predicted octanol–water partition coefficient (Wildman–Crippen LogP) is 4.07. The summed E-state index contributed by atoms with van der Waals surface area (Å²) in [6, 6.07) is 10.3. The predicted molar refractivity (Wildman–Crippen MR) is 134 cm³/mol. The fraction of sp³-hybridized carbons (Fsp3) is 0.0909. The van der Waals surface area contributed by atoms with Crippen molar-refractivity contribution in [1.29, 1.82) is 0 Å². The van der Waals surface area contributed by atoms with Crippen LogP contribution in [0.25, 0.3) is 28.1 Å². The first kappa shape index (κ1) is 24.3. The van der Waals surface area contributed by atoms with Gasteiger partial charge in [-0.2, -0.15) is 4.68 Å². The van der Waals surface area contributed by atoms with Crippen LogP contribution in [0, 0.1) is 6.92 Å². The van der Waals surface area contributed by atoms with Crippen molar-refractivity contribution < 1.29 is 9.90 Å². The van der Waals surface area contributed by atoms with Crippen LogP contribution in [-0.2, 0) is 6.54 Å². The molecule has 0 saturated heterocycles. The molecule has 1 aromatic carbocycles. The molecule has 5 rings (SSSR count). The van der Waals surface area contributed by atoms with E-state index in [4.69, 9.17) is 16.7 Å². The highest BCUT2D eigenvalue weighted by atomic mass is 35.5. The van der Waals surface area contributed by atoms with Crippen LogP contribution in [0.15, 0.2) is 59.1 Å². The third-order valence-electron chi connectivity index (χ3n) is 5.26. The van der Waals surface area contributed by atoms with E-state index in [1.807, 2.05) is 13.0 Å². The number of nitrogens with zero attached hydrogens (tertiary/aromatic N) is 6. The number of carboxylic acid groups (broad SMARTS) is 1. The van der Waals surface area contributed by atoms with Gasteiger partial charge in [-0.15, -0.1) is 28.8 Å². The number of aryl methyl sites for hydroxylation is 1. The van der Waals surface area contributed by atoms with Crippen LogP contribution in [0.4, 0.5) is 0 Å². The first-order chi connectivity index (χ1) is 16.4. The van der Waals surface area contributed by atoms with Crippen molar-refractivity contribution in [3.05, 3.63) is 86.1 Å². The molecule has 2 N–H and O–H groups in total. The zero-order valence-electron chi connectivity index (χ0n) is 18.0. The molecule has 178 valence electrons. The van der Waals surface area contributed by atoms with Crippen LogP contribution in [0.5, 0.6) is 0 Å². The van der Waals surface area contributed by atoms with Crippen molar-refractivity contribution in [1.82, 2.24) is 34.7 Å². The van der Waals surface area contributed by atoms with Crippen LogP contribution < -0.4 is 5.56 Å². The third kappa shape index (κ3) is 4.87. The van der Waals surface area contributed by atoms with E-state index in [-0.39, 0.29) is 29.4 Å². The summed E-state index contributed by atoms with van der Waals surface area (Å²) < 4.78 is 3.11. The smallest absolute Gasteiger partial charge is 0.345 e. The van der Waals surface area contributed by atoms with Crippen molar-refractivity contribution in [2.45, 2.75) is 13.5 Å². The molecular formula is C22H17Cl2N7O3S. The van der Waals surface area contributed by atoms with Gasteiger partial charge in [0.1, 0.15) is 17.0 Å². The first-order valence-electron chi connectivity index (χ1n) is 10.00. The van der Waals surface area contributed by atoms with Crippen LogP contribution in [0.1, 0.15) is 21.2 Å². The van der Waals surface area contributed by atoms with Crippen LogP contribution in [0.3, 0.4) is 0 Å². The lowest BCUT2D eigenvalue weighted by molar-refractivity contribution is 0.0702. The molecule has 0 spiro atoms. The number of carboxylic acids is 1. The fourth-order valence-corrected chi connectivity index (χ4v) is 4.54. The molecule has 0 saturated carbocycles. The summed E-state index contributed by atoms with van der Waals surface area (Å²) in [6.07, 6.45) is 3.10. The molecule has 0 atom stereocenters. The van der Waals surface area contributed by atoms with Crippen LogP contribution in [0.2, 0.25) is 5.02 Å². The number of tetrazole rings is 1. The molecule has 0 aliphatic heterocycles. The number of hydrogen-bond acceptors (Lipinski definition) is 7. The van der Waals surface area contributed by atoms with Gasteiger partial charge in [0.2, 0.25) is 0 Å². The highest BCUT2D eigenvalue weighted by Crippen LogP contribution is 2.29. The van der Waals surface area contributed by atoms with Crippen molar-refractivity contribution in [3.63, 3.8) is 0 Å². The van der Waals surface area contributed by atoms with Crippen molar-refractivity contribution in [2.75, 3.05) is 0 Å². The summed E-state index contributed by atoms with van der Waals surface area (Å²) in [5, 5.41) is 22.7. The Morgan fingerprint density at radius 3 is 2.71 bits per heavy atom. The Kier molecular flexibility index (Phi) is 6.83. The molecule has 13 heteroatoms. The van der Waals surface area contributed by atoms with Gasteiger partial charge < -0.3 is 14.7 Å². The molecule has 0 bridgehead atoms. The number of carbonyl (C=O) groups is 1. The van der Waals surface area contributed by atoms with Gasteiger partial charge in [-0.1, -0.05) is 11.6 Å². The van der Waals surface area contributed by atoms with E-state index in [1.54, 1.807) is 40.4 Å². The Labute approximate surface area is 213 Å². The first-order valence-corrected chi connectivity index (χ1v) is 11.3. The van der Waals surface area contributed by atoms with Crippen molar-refractivity contribution >= 4 is 41.3 Å². The van der Waals surface area contributed by atoms with E-state index in [9.17, 15) is 9.59 Å². The number of pyridine rings is 1. The number of nitrogens with one attached hydrogen (secondary N) is 1. The number of halogens is 2. The summed E-state index contributed by atoms with van der Waals surface area (Å²) in [7, 11) is 0. The minimum absolute atomic E-state index is 0. The zero-order chi connectivity index (χ0) is 23.8. The second kappa shape index (κ2) is 9.82. The Hall–Kier alpha value is -3.80. The lowest BCUT2D eigenvalue weighted by Gasteiger charge is -2.13. The average molecular weight is 530 g/mol. The second-order valence-electron chi connectivity index (χ2n) is 7.47. The van der Waals surface area contributed by atoms with Gasteiger partial charge >= 0.3 is 5.97 Å². The highest BCUT2D eigenvalue weighted by molar-refractivity contribution is 7.12. The number of thiophene rings is 1. The van der Waals surface area contributed by atoms with E-state index < -0.39 is 5.97 Å². The maximum Gasteiger partial charge on any atom is 0.345 e. The van der Waals surface area contributed by atoms with Crippen LogP contribution >= 0.6 is 35.3 Å². The Balaban J connectivity index is 0.00000289. The lowest BCUT2D eigenvalue weighted by atomic mass is 10.0. The topological polar surface area (TPSA) is 132 Å². The molecule has 0 amide bonds. The van der Waals surface area contributed by atoms with Gasteiger partial charge in [-0.3, -0.25) is 4.79 Å². The maximum atomic E-state index is 13.1. The standard InChI is InChI=1S/C22H16ClN7O3S.ClH/c1-12-4-13(16-7-15(23)2-3-18(16)30-11-25-27-28-30)6-21(31)29(12)9-20-24-8-17(26-20)14-5-19(22(32)33)34-10-14;/h2-8,10-11H,9H2,1H3,(H,24,26)(H,32,33);1H. The van der Waals surface area contributed by atoms with E-state index in [2.05, 4.69) is 25.5 Å². The molecule has 0 unspecified atom stereocenters. The van der Waals surface area contributed by atoms with Gasteiger partial charge in [0.05, 0.1) is 24.1 Å². The molecular weight excluding hydrogens is 513 g/mol. The Morgan fingerprint density at radius 1 is 1.20 bits per heavy atom. The average Bonchev–Trinajstić information content (AvgIpc) is 3.57. The number of aromatic carboxylic acids is 1. The molecule has 5 aromatic rings. The van der Waals surface area contributed by atoms with Gasteiger partial charge in [-0.05, 0) is 53.2 Å². The maximum absolute atomic E-state index is 13.1. The summed E-state index contributed by atoms with van der Waals surface area (Å²) in [5.74, 6) is -0.394. The van der Waals surface area contributed by atoms with E-state index in [0.29, 0.717) is 27.8 Å². The molecule has 0 aliphatic rings.